The van der Waals surface area contributed by atoms with Crippen molar-refractivity contribution in [2.75, 3.05) is 33.3 Å². The van der Waals surface area contributed by atoms with Gasteiger partial charge in [-0.3, -0.25) is 9.58 Å². The Morgan fingerprint density at radius 3 is 2.37 bits per heavy atom. The summed E-state index contributed by atoms with van der Waals surface area (Å²) in [6.07, 6.45) is 4.78. The fourth-order valence-corrected chi connectivity index (χ4v) is 5.24. The molecule has 0 spiro atoms. The highest BCUT2D eigenvalue weighted by atomic mass is 16.6. The van der Waals surface area contributed by atoms with E-state index < -0.39 is 5.97 Å². The molecule has 2 heterocycles. The number of carbonyl (C=O) groups excluding carboxylic acids is 2. The lowest BCUT2D eigenvalue weighted by molar-refractivity contribution is -0.216. The predicted octanol–water partition coefficient (Wildman–Crippen LogP) is 2.26. The van der Waals surface area contributed by atoms with Crippen molar-refractivity contribution in [3.05, 3.63) is 53.9 Å². The summed E-state index contributed by atoms with van der Waals surface area (Å²) < 4.78 is 12.2. The van der Waals surface area contributed by atoms with Crippen molar-refractivity contribution in [2.24, 2.45) is 0 Å². The van der Waals surface area contributed by atoms with E-state index in [1.54, 1.807) is 11.0 Å². The van der Waals surface area contributed by atoms with Gasteiger partial charge in [0, 0.05) is 37.9 Å². The van der Waals surface area contributed by atoms with Crippen LogP contribution >= 0.6 is 0 Å². The zero-order chi connectivity index (χ0) is 20.8. The molecule has 158 valence electrons. The number of benzene rings is 1. The number of hydrogen-bond donors (Lipinski definition) is 0. The van der Waals surface area contributed by atoms with Gasteiger partial charge in [-0.15, -0.1) is 0 Å². The highest BCUT2D eigenvalue weighted by molar-refractivity contribution is 5.86. The molecule has 2 bridgehead atoms. The first kappa shape index (κ1) is 19.1. The van der Waals surface area contributed by atoms with Gasteiger partial charge in [0.25, 0.3) is 0 Å². The second-order valence-electron chi connectivity index (χ2n) is 8.63. The van der Waals surface area contributed by atoms with E-state index in [-0.39, 0.29) is 17.2 Å². The summed E-state index contributed by atoms with van der Waals surface area (Å²) in [5.74, 6) is -0.398. The van der Waals surface area contributed by atoms with Crippen LogP contribution in [-0.2, 0) is 21.6 Å². The normalized spacial score (nSPS) is 27.7. The Kier molecular flexibility index (Phi) is 4.54. The average Bonchev–Trinajstić information content (AvgIpc) is 3.21. The number of piperazine rings is 1. The van der Waals surface area contributed by atoms with Crippen LogP contribution in [-0.4, -0.2) is 70.5 Å². The first-order valence-corrected chi connectivity index (χ1v) is 10.4. The van der Waals surface area contributed by atoms with Gasteiger partial charge in [0.05, 0.1) is 12.6 Å². The van der Waals surface area contributed by atoms with Crippen molar-refractivity contribution < 1.29 is 19.1 Å². The Morgan fingerprint density at radius 2 is 1.70 bits per heavy atom. The smallest absolute Gasteiger partial charge is 0.410 e. The second-order valence-corrected chi connectivity index (χ2v) is 8.63. The first-order chi connectivity index (χ1) is 14.5. The molecule has 4 fully saturated rings. The molecule has 0 radical (unpaired) electrons. The molecule has 0 unspecified atom stereocenters. The third-order valence-electron chi connectivity index (χ3n) is 6.86. The zero-order valence-corrected chi connectivity index (χ0v) is 17.1. The van der Waals surface area contributed by atoms with Gasteiger partial charge in [0.1, 0.15) is 6.61 Å². The molecule has 3 saturated carbocycles. The van der Waals surface area contributed by atoms with Crippen molar-refractivity contribution in [1.29, 1.82) is 0 Å². The molecule has 4 aliphatic rings. The van der Waals surface area contributed by atoms with Gasteiger partial charge in [-0.25, -0.2) is 9.59 Å². The van der Waals surface area contributed by atoms with Gasteiger partial charge < -0.3 is 14.4 Å². The van der Waals surface area contributed by atoms with Crippen LogP contribution in [0.25, 0.3) is 0 Å². The zero-order valence-electron chi connectivity index (χ0n) is 17.1. The fourth-order valence-electron chi connectivity index (χ4n) is 5.24. The molecule has 0 atom stereocenters. The number of nitrogens with zero attached hydrogens (tertiary/aromatic N) is 4. The standard InChI is InChI=1S/C22H26N4O4/c1-29-19(27)18-7-8-26(23-18)22-14-21(15-22,16-22)25-11-9-24(10-12-25)20(28)30-13-17-5-3-2-4-6-17/h2-8H,9-16H2,1H3. The number of ether oxygens (including phenoxy) is 2. The maximum absolute atomic E-state index is 12.4. The van der Waals surface area contributed by atoms with Crippen LogP contribution in [0.4, 0.5) is 4.79 Å². The second kappa shape index (κ2) is 7.12. The van der Waals surface area contributed by atoms with Crippen molar-refractivity contribution in [1.82, 2.24) is 19.6 Å². The Morgan fingerprint density at radius 1 is 1.00 bits per heavy atom. The lowest BCUT2D eigenvalue weighted by Gasteiger charge is -2.74. The Labute approximate surface area is 175 Å². The van der Waals surface area contributed by atoms with E-state index in [0.717, 1.165) is 37.9 Å². The van der Waals surface area contributed by atoms with Crippen molar-refractivity contribution in [2.45, 2.75) is 36.9 Å². The number of methoxy groups -OCH3 is 1. The summed E-state index contributed by atoms with van der Waals surface area (Å²) in [6.45, 7) is 3.42. The maximum Gasteiger partial charge on any atom is 0.410 e. The summed E-state index contributed by atoms with van der Waals surface area (Å²) in [6, 6.07) is 11.5. The number of carbonyl (C=O) groups is 2. The highest BCUT2D eigenvalue weighted by Crippen LogP contribution is 2.67. The molecular weight excluding hydrogens is 384 g/mol. The largest absolute Gasteiger partial charge is 0.464 e. The quantitative estimate of drug-likeness (QED) is 0.704. The van der Waals surface area contributed by atoms with Crippen LogP contribution in [0.1, 0.15) is 35.3 Å². The maximum atomic E-state index is 12.4. The summed E-state index contributed by atoms with van der Waals surface area (Å²) in [5, 5.41) is 4.42. The molecule has 8 heteroatoms. The van der Waals surface area contributed by atoms with E-state index >= 15 is 0 Å². The van der Waals surface area contributed by atoms with Crippen LogP contribution in [0.3, 0.4) is 0 Å². The minimum atomic E-state index is -0.398. The average molecular weight is 410 g/mol. The molecule has 0 N–H and O–H groups in total. The van der Waals surface area contributed by atoms with Crippen molar-refractivity contribution in [3.8, 4) is 0 Å². The monoisotopic (exact) mass is 410 g/mol. The number of rotatable bonds is 5. The number of esters is 1. The van der Waals surface area contributed by atoms with Crippen LogP contribution in [0.15, 0.2) is 42.6 Å². The van der Waals surface area contributed by atoms with Gasteiger partial charge in [0.2, 0.25) is 0 Å². The van der Waals surface area contributed by atoms with E-state index in [4.69, 9.17) is 9.47 Å². The fraction of sp³-hybridized carbons (Fsp3) is 0.500. The van der Waals surface area contributed by atoms with Gasteiger partial charge >= 0.3 is 12.1 Å². The molecule has 6 rings (SSSR count). The Balaban J connectivity index is 1.11. The topological polar surface area (TPSA) is 76.9 Å². The van der Waals surface area contributed by atoms with Gasteiger partial charge in [0.15, 0.2) is 5.69 Å². The summed E-state index contributed by atoms with van der Waals surface area (Å²) in [7, 11) is 1.37. The molecule has 1 aromatic carbocycles. The van der Waals surface area contributed by atoms with Crippen LogP contribution < -0.4 is 0 Å². The molecule has 1 saturated heterocycles. The van der Waals surface area contributed by atoms with Crippen molar-refractivity contribution >= 4 is 12.1 Å². The molecule has 1 aliphatic heterocycles. The third kappa shape index (κ3) is 3.06. The summed E-state index contributed by atoms with van der Waals surface area (Å²) in [5.41, 5.74) is 1.62. The van der Waals surface area contributed by atoms with Crippen LogP contribution in [0, 0.1) is 0 Å². The van der Waals surface area contributed by atoms with E-state index in [9.17, 15) is 9.59 Å². The minimum absolute atomic E-state index is 0.0397. The van der Waals surface area contributed by atoms with Crippen molar-refractivity contribution in [3.63, 3.8) is 0 Å². The lowest BCUT2D eigenvalue weighted by Crippen LogP contribution is -2.80. The molecular formula is C22H26N4O4. The number of aromatic nitrogens is 2. The van der Waals surface area contributed by atoms with Crippen LogP contribution in [0.5, 0.6) is 0 Å². The van der Waals surface area contributed by atoms with Gasteiger partial charge in [-0.1, -0.05) is 30.3 Å². The summed E-state index contributed by atoms with van der Waals surface area (Å²) >= 11 is 0. The highest BCUT2D eigenvalue weighted by Gasteiger charge is 2.71. The van der Waals surface area contributed by atoms with E-state index in [1.807, 2.05) is 41.2 Å². The molecule has 8 nitrogen and oxygen atoms in total. The number of hydrogen-bond acceptors (Lipinski definition) is 6. The van der Waals surface area contributed by atoms with Gasteiger partial charge in [-0.05, 0) is 30.9 Å². The molecule has 30 heavy (non-hydrogen) atoms. The van der Waals surface area contributed by atoms with E-state index in [2.05, 4.69) is 10.00 Å². The molecule has 1 aromatic heterocycles. The predicted molar refractivity (Wildman–Crippen MR) is 108 cm³/mol. The molecule has 2 aromatic rings. The molecule has 3 aliphatic carbocycles. The van der Waals surface area contributed by atoms with E-state index in [0.29, 0.717) is 25.4 Å². The molecule has 1 amide bonds. The first-order valence-electron chi connectivity index (χ1n) is 10.4. The van der Waals surface area contributed by atoms with Gasteiger partial charge in [-0.2, -0.15) is 5.10 Å². The Bertz CT molecular complexity index is 929. The van der Waals surface area contributed by atoms with Crippen LogP contribution in [0.2, 0.25) is 0 Å². The van der Waals surface area contributed by atoms with E-state index in [1.165, 1.54) is 7.11 Å². The number of amides is 1. The third-order valence-corrected chi connectivity index (χ3v) is 6.86. The minimum Gasteiger partial charge on any atom is -0.464 e. The lowest BCUT2D eigenvalue weighted by atomic mass is 9.43. The SMILES string of the molecule is COC(=O)c1ccn(C23CC(N4CCN(C(=O)OCc5ccccc5)CC4)(C2)C3)n1. The summed E-state index contributed by atoms with van der Waals surface area (Å²) in [4.78, 5) is 28.3. The Hall–Kier alpha value is -2.87.